The van der Waals surface area contributed by atoms with Gasteiger partial charge in [-0.25, -0.2) is 4.68 Å². The van der Waals surface area contributed by atoms with Crippen LogP contribution in [0.1, 0.15) is 30.1 Å². The molecule has 0 aromatic carbocycles. The van der Waals surface area contributed by atoms with Crippen LogP contribution in [0.5, 0.6) is 0 Å². The van der Waals surface area contributed by atoms with Gasteiger partial charge in [0.15, 0.2) is 10.8 Å². The smallest absolute Gasteiger partial charge is 0.196 e. The number of nitrogens with zero attached hydrogens (tertiary/aromatic N) is 4. The molecule has 2 N–H and O–H groups in total. The van der Waals surface area contributed by atoms with Gasteiger partial charge in [-0.1, -0.05) is 0 Å². The van der Waals surface area contributed by atoms with Crippen molar-refractivity contribution in [2.24, 2.45) is 5.73 Å². The molecule has 1 aliphatic rings. The molecule has 18 heavy (non-hydrogen) atoms. The topological polar surface area (TPSA) is 61.1 Å². The number of hydrogen-bond donors (Lipinski definition) is 1. The van der Waals surface area contributed by atoms with Crippen molar-refractivity contribution in [3.63, 3.8) is 0 Å². The van der Waals surface area contributed by atoms with Crippen LogP contribution in [0.3, 0.4) is 0 Å². The van der Waals surface area contributed by atoms with Crippen LogP contribution < -0.4 is 5.73 Å². The maximum absolute atomic E-state index is 5.84. The van der Waals surface area contributed by atoms with Gasteiger partial charge < -0.3 is 5.73 Å². The van der Waals surface area contributed by atoms with Crippen molar-refractivity contribution in [3.8, 4) is 5.82 Å². The molecule has 0 atom stereocenters. The Hall–Kier alpha value is -1.66. The summed E-state index contributed by atoms with van der Waals surface area (Å²) >= 11 is 1.61. The molecule has 3 heterocycles. The first-order valence-corrected chi connectivity index (χ1v) is 6.95. The van der Waals surface area contributed by atoms with Gasteiger partial charge in [0.2, 0.25) is 0 Å². The third-order valence-electron chi connectivity index (χ3n) is 3.36. The molecular weight excluding hydrogens is 246 g/mol. The van der Waals surface area contributed by atoms with E-state index >= 15 is 0 Å². The molecule has 1 fully saturated rings. The second kappa shape index (κ2) is 3.66. The maximum Gasteiger partial charge on any atom is 0.196 e. The lowest BCUT2D eigenvalue weighted by atomic mass is 10.3. The third-order valence-corrected chi connectivity index (χ3v) is 4.11. The normalized spacial score (nSPS) is 15.6. The summed E-state index contributed by atoms with van der Waals surface area (Å²) in [5.74, 6) is 1.52. The minimum Gasteiger partial charge on any atom is -0.325 e. The molecule has 1 aliphatic carbocycles. The van der Waals surface area contributed by atoms with Crippen LogP contribution in [0.2, 0.25) is 0 Å². The SMILES string of the molecule is NCc1c(-n2ccc(C3CC3)n2)nc2sccn12. The molecule has 0 aliphatic heterocycles. The highest BCUT2D eigenvalue weighted by atomic mass is 32.1. The van der Waals surface area contributed by atoms with E-state index in [1.165, 1.54) is 18.5 Å². The van der Waals surface area contributed by atoms with Gasteiger partial charge in [-0.3, -0.25) is 4.40 Å². The van der Waals surface area contributed by atoms with Crippen LogP contribution in [0.15, 0.2) is 23.8 Å². The summed E-state index contributed by atoms with van der Waals surface area (Å²) in [6, 6.07) is 2.09. The van der Waals surface area contributed by atoms with E-state index in [1.807, 2.05) is 26.9 Å². The molecule has 3 aromatic rings. The fourth-order valence-corrected chi connectivity index (χ4v) is 2.98. The highest BCUT2D eigenvalue weighted by molar-refractivity contribution is 7.15. The molecule has 4 rings (SSSR count). The Bertz CT molecular complexity index is 703. The van der Waals surface area contributed by atoms with Crippen molar-refractivity contribution in [2.45, 2.75) is 25.3 Å². The van der Waals surface area contributed by atoms with Gasteiger partial charge in [0.25, 0.3) is 0 Å². The number of aromatic nitrogens is 4. The van der Waals surface area contributed by atoms with Gasteiger partial charge in [0.1, 0.15) is 0 Å². The molecule has 3 aromatic heterocycles. The van der Waals surface area contributed by atoms with E-state index in [0.29, 0.717) is 12.5 Å². The lowest BCUT2D eigenvalue weighted by Gasteiger charge is -2.00. The number of imidazole rings is 1. The van der Waals surface area contributed by atoms with Crippen LogP contribution in [0.25, 0.3) is 10.8 Å². The van der Waals surface area contributed by atoms with E-state index in [9.17, 15) is 0 Å². The minimum absolute atomic E-state index is 0.464. The molecule has 0 amide bonds. The van der Waals surface area contributed by atoms with E-state index < -0.39 is 0 Å². The van der Waals surface area contributed by atoms with Gasteiger partial charge in [-0.15, -0.1) is 11.3 Å². The van der Waals surface area contributed by atoms with Crippen LogP contribution in [0, 0.1) is 0 Å². The molecule has 0 bridgehead atoms. The number of rotatable bonds is 3. The molecule has 92 valence electrons. The van der Waals surface area contributed by atoms with Crippen molar-refractivity contribution < 1.29 is 0 Å². The van der Waals surface area contributed by atoms with Gasteiger partial charge in [0, 0.05) is 30.2 Å². The summed E-state index contributed by atoms with van der Waals surface area (Å²) in [6.45, 7) is 0.464. The zero-order valence-electron chi connectivity index (χ0n) is 9.78. The molecule has 6 heteroatoms. The fraction of sp³-hybridized carbons (Fsp3) is 0.333. The summed E-state index contributed by atoms with van der Waals surface area (Å²) in [7, 11) is 0. The number of nitrogens with two attached hydrogens (primary N) is 1. The average Bonchev–Trinajstić information content (AvgIpc) is 2.83. The Morgan fingerprint density at radius 2 is 2.28 bits per heavy atom. The average molecular weight is 259 g/mol. The van der Waals surface area contributed by atoms with Crippen LogP contribution in [0.4, 0.5) is 0 Å². The van der Waals surface area contributed by atoms with Crippen molar-refractivity contribution in [2.75, 3.05) is 0 Å². The predicted octanol–water partition coefficient (Wildman–Crippen LogP) is 1.92. The number of fused-ring (bicyclic) bond motifs is 1. The molecule has 5 nitrogen and oxygen atoms in total. The Labute approximate surface area is 108 Å². The Morgan fingerprint density at radius 3 is 3.06 bits per heavy atom. The van der Waals surface area contributed by atoms with Gasteiger partial charge >= 0.3 is 0 Å². The van der Waals surface area contributed by atoms with Crippen molar-refractivity contribution in [1.29, 1.82) is 0 Å². The van der Waals surface area contributed by atoms with Crippen molar-refractivity contribution in [1.82, 2.24) is 19.2 Å². The zero-order chi connectivity index (χ0) is 12.1. The van der Waals surface area contributed by atoms with E-state index in [1.54, 1.807) is 11.3 Å². The van der Waals surface area contributed by atoms with Gasteiger partial charge in [-0.05, 0) is 18.9 Å². The molecular formula is C12H13N5S. The van der Waals surface area contributed by atoms with Crippen molar-refractivity contribution in [3.05, 3.63) is 35.2 Å². The zero-order valence-corrected chi connectivity index (χ0v) is 10.6. The first-order valence-electron chi connectivity index (χ1n) is 6.07. The number of thiazole rings is 1. The quantitative estimate of drug-likeness (QED) is 0.781. The first-order chi connectivity index (χ1) is 8.86. The summed E-state index contributed by atoms with van der Waals surface area (Å²) in [5.41, 5.74) is 8.03. The highest BCUT2D eigenvalue weighted by Crippen LogP contribution is 2.39. The lowest BCUT2D eigenvalue weighted by molar-refractivity contribution is 0.799. The van der Waals surface area contributed by atoms with E-state index in [0.717, 1.165) is 16.5 Å². The molecule has 1 saturated carbocycles. The van der Waals surface area contributed by atoms with Gasteiger partial charge in [-0.2, -0.15) is 10.1 Å². The lowest BCUT2D eigenvalue weighted by Crippen LogP contribution is -2.06. The standard InChI is InChI=1S/C12H13N5S/c13-7-10-11(14-12-16(10)5-6-18-12)17-4-3-9(15-17)8-1-2-8/h3-6,8H,1-2,7,13H2. The van der Waals surface area contributed by atoms with E-state index in [-0.39, 0.29) is 0 Å². The molecule has 0 unspecified atom stereocenters. The highest BCUT2D eigenvalue weighted by Gasteiger charge is 2.26. The molecule has 0 saturated heterocycles. The summed E-state index contributed by atoms with van der Waals surface area (Å²) in [5, 5.41) is 6.63. The maximum atomic E-state index is 5.84. The van der Waals surface area contributed by atoms with Crippen LogP contribution >= 0.6 is 11.3 Å². The number of hydrogen-bond acceptors (Lipinski definition) is 4. The minimum atomic E-state index is 0.464. The summed E-state index contributed by atoms with van der Waals surface area (Å²) in [4.78, 5) is 5.58. The Kier molecular flexibility index (Phi) is 2.09. The monoisotopic (exact) mass is 259 g/mol. The second-order valence-electron chi connectivity index (χ2n) is 4.60. The third kappa shape index (κ3) is 1.42. The van der Waals surface area contributed by atoms with Crippen LogP contribution in [-0.2, 0) is 6.54 Å². The molecule has 0 spiro atoms. The largest absolute Gasteiger partial charge is 0.325 e. The van der Waals surface area contributed by atoms with E-state index in [2.05, 4.69) is 16.1 Å². The summed E-state index contributed by atoms with van der Waals surface area (Å²) < 4.78 is 3.90. The molecule has 0 radical (unpaired) electrons. The second-order valence-corrected chi connectivity index (χ2v) is 5.47. The first kappa shape index (κ1) is 10.3. The van der Waals surface area contributed by atoms with Crippen LogP contribution in [-0.4, -0.2) is 19.2 Å². The van der Waals surface area contributed by atoms with Crippen molar-refractivity contribution >= 4 is 16.3 Å². The Morgan fingerprint density at radius 1 is 1.39 bits per heavy atom. The fourth-order valence-electron chi connectivity index (χ4n) is 2.25. The summed E-state index contributed by atoms with van der Waals surface area (Å²) in [6.07, 6.45) is 6.52. The Balaban J connectivity index is 1.86. The van der Waals surface area contributed by atoms with E-state index in [4.69, 9.17) is 5.73 Å². The predicted molar refractivity (Wildman–Crippen MR) is 70.1 cm³/mol. The van der Waals surface area contributed by atoms with Gasteiger partial charge in [0.05, 0.1) is 11.4 Å².